The molecule has 6 heteroatoms. The van der Waals surface area contributed by atoms with Crippen LogP contribution in [0.3, 0.4) is 0 Å². The number of hydrogen-bond acceptors (Lipinski definition) is 5. The van der Waals surface area contributed by atoms with Crippen LogP contribution in [0.25, 0.3) is 0 Å². The summed E-state index contributed by atoms with van der Waals surface area (Å²) in [6, 6.07) is 7.27. The summed E-state index contributed by atoms with van der Waals surface area (Å²) >= 11 is 0. The first-order chi connectivity index (χ1) is 13.7. The van der Waals surface area contributed by atoms with Crippen molar-refractivity contribution in [1.29, 1.82) is 0 Å². The maximum Gasteiger partial charge on any atom is 0.410 e. The van der Waals surface area contributed by atoms with Gasteiger partial charge in [-0.2, -0.15) is 0 Å². The van der Waals surface area contributed by atoms with Crippen LogP contribution < -0.4 is 0 Å². The molecular weight excluding hydrogens is 382 g/mol. The Morgan fingerprint density at radius 1 is 1.07 bits per heavy atom. The topological polar surface area (TPSA) is 72.9 Å². The average Bonchev–Trinajstić information content (AvgIpc) is 3.09. The maximum atomic E-state index is 13.3. The van der Waals surface area contributed by atoms with Crippen LogP contribution in [0.4, 0.5) is 4.79 Å². The van der Waals surface area contributed by atoms with Gasteiger partial charge in [-0.15, -0.1) is 0 Å². The van der Waals surface area contributed by atoms with Crippen molar-refractivity contribution in [3.8, 4) is 0 Å². The largest absolute Gasteiger partial charge is 0.460 e. The monoisotopic (exact) mass is 417 g/mol. The Hall–Kier alpha value is -2.37. The number of amides is 1. The minimum atomic E-state index is -0.842. The normalized spacial score (nSPS) is 19.2. The van der Waals surface area contributed by atoms with E-state index in [1.807, 2.05) is 60.6 Å². The zero-order chi connectivity index (χ0) is 22.7. The van der Waals surface area contributed by atoms with Gasteiger partial charge in [0.25, 0.3) is 0 Å². The number of carbonyl (C=O) groups is 3. The van der Waals surface area contributed by atoms with Crippen molar-refractivity contribution in [2.24, 2.45) is 11.3 Å². The summed E-state index contributed by atoms with van der Waals surface area (Å²) in [7, 11) is 0. The fourth-order valence-electron chi connectivity index (χ4n) is 3.75. The van der Waals surface area contributed by atoms with Crippen molar-refractivity contribution in [2.75, 3.05) is 13.1 Å². The number of benzene rings is 1. The van der Waals surface area contributed by atoms with Crippen molar-refractivity contribution < 1.29 is 23.9 Å². The standard InChI is InChI=1S/C24H35NO5/c1-22(2,3)29-20(27)24(7,14-17-9-8-10-18(13-17)16-26)19-11-12-25(15-19)21(28)30-23(4,5)6/h8-10,13,16,19H,11-12,14-15H2,1-7H3. The number of nitrogens with zero attached hydrogens (tertiary/aromatic N) is 1. The molecule has 2 unspecified atom stereocenters. The fourth-order valence-corrected chi connectivity index (χ4v) is 3.75. The van der Waals surface area contributed by atoms with E-state index >= 15 is 0 Å². The van der Waals surface area contributed by atoms with E-state index in [9.17, 15) is 14.4 Å². The number of ether oxygens (including phenoxy) is 2. The lowest BCUT2D eigenvalue weighted by molar-refractivity contribution is -0.170. The van der Waals surface area contributed by atoms with E-state index in [2.05, 4.69) is 0 Å². The van der Waals surface area contributed by atoms with E-state index in [0.29, 0.717) is 31.5 Å². The highest BCUT2D eigenvalue weighted by Crippen LogP contribution is 2.40. The fraction of sp³-hybridized carbons (Fsp3) is 0.625. The van der Waals surface area contributed by atoms with E-state index in [1.54, 1.807) is 17.0 Å². The SMILES string of the molecule is CC(C)(C)OC(=O)N1CCC(C(C)(Cc2cccc(C=O)c2)C(=O)OC(C)(C)C)C1. The van der Waals surface area contributed by atoms with Crippen LogP contribution in [0.15, 0.2) is 24.3 Å². The molecular formula is C24H35NO5. The van der Waals surface area contributed by atoms with Crippen molar-refractivity contribution in [3.05, 3.63) is 35.4 Å². The highest BCUT2D eigenvalue weighted by atomic mass is 16.6. The summed E-state index contributed by atoms with van der Waals surface area (Å²) in [5.41, 5.74) is -0.568. The van der Waals surface area contributed by atoms with Crippen LogP contribution in [-0.4, -0.2) is 47.5 Å². The molecule has 1 amide bonds. The predicted octanol–water partition coefficient (Wildman–Crippen LogP) is 4.65. The third kappa shape index (κ3) is 6.31. The average molecular weight is 418 g/mol. The minimum absolute atomic E-state index is 0.0836. The molecule has 1 aliphatic heterocycles. The van der Waals surface area contributed by atoms with Gasteiger partial charge in [0, 0.05) is 18.7 Å². The molecule has 0 bridgehead atoms. The molecule has 166 valence electrons. The first kappa shape index (κ1) is 23.9. The van der Waals surface area contributed by atoms with Crippen LogP contribution in [0.1, 0.15) is 70.8 Å². The van der Waals surface area contributed by atoms with Crippen molar-refractivity contribution in [1.82, 2.24) is 4.90 Å². The van der Waals surface area contributed by atoms with Gasteiger partial charge in [-0.25, -0.2) is 4.79 Å². The zero-order valence-electron chi connectivity index (χ0n) is 19.3. The second kappa shape index (κ2) is 8.78. The molecule has 6 nitrogen and oxygen atoms in total. The molecule has 1 aromatic carbocycles. The number of aldehydes is 1. The molecule has 1 saturated heterocycles. The smallest absolute Gasteiger partial charge is 0.410 e. The van der Waals surface area contributed by atoms with Gasteiger partial charge >= 0.3 is 12.1 Å². The number of likely N-dealkylation sites (tertiary alicyclic amines) is 1. The summed E-state index contributed by atoms with van der Waals surface area (Å²) in [6.45, 7) is 13.9. The summed E-state index contributed by atoms with van der Waals surface area (Å²) in [6.07, 6.45) is 1.55. The van der Waals surface area contributed by atoms with Crippen LogP contribution in [0, 0.1) is 11.3 Å². The summed E-state index contributed by atoms with van der Waals surface area (Å²) < 4.78 is 11.3. The lowest BCUT2D eigenvalue weighted by atomic mass is 9.72. The Bertz CT molecular complexity index is 790. The second-order valence-corrected chi connectivity index (χ2v) is 10.4. The van der Waals surface area contributed by atoms with E-state index in [1.165, 1.54) is 0 Å². The van der Waals surface area contributed by atoms with E-state index in [-0.39, 0.29) is 18.0 Å². The molecule has 1 heterocycles. The van der Waals surface area contributed by atoms with E-state index in [4.69, 9.17) is 9.47 Å². The summed E-state index contributed by atoms with van der Waals surface area (Å²) in [5.74, 6) is -0.373. The molecule has 0 aliphatic carbocycles. The van der Waals surface area contributed by atoms with Gasteiger partial charge in [-0.05, 0) is 78.9 Å². The van der Waals surface area contributed by atoms with Crippen molar-refractivity contribution in [2.45, 2.75) is 72.5 Å². The summed E-state index contributed by atoms with van der Waals surface area (Å²) in [5, 5.41) is 0. The van der Waals surface area contributed by atoms with Crippen LogP contribution in [0.2, 0.25) is 0 Å². The minimum Gasteiger partial charge on any atom is -0.460 e. The van der Waals surface area contributed by atoms with Gasteiger partial charge in [0.05, 0.1) is 5.41 Å². The Morgan fingerprint density at radius 3 is 2.27 bits per heavy atom. The van der Waals surface area contributed by atoms with Crippen molar-refractivity contribution in [3.63, 3.8) is 0 Å². The van der Waals surface area contributed by atoms with E-state index < -0.39 is 16.6 Å². The zero-order valence-corrected chi connectivity index (χ0v) is 19.3. The maximum absolute atomic E-state index is 13.3. The Morgan fingerprint density at radius 2 is 1.70 bits per heavy atom. The van der Waals surface area contributed by atoms with Crippen LogP contribution >= 0.6 is 0 Å². The highest BCUT2D eigenvalue weighted by molar-refractivity contribution is 5.79. The number of carbonyl (C=O) groups excluding carboxylic acids is 3. The molecule has 2 atom stereocenters. The number of hydrogen-bond donors (Lipinski definition) is 0. The molecule has 0 spiro atoms. The molecule has 1 fully saturated rings. The number of rotatable bonds is 5. The van der Waals surface area contributed by atoms with Crippen LogP contribution in [-0.2, 0) is 20.7 Å². The Kier molecular flexibility index (Phi) is 7.00. The van der Waals surface area contributed by atoms with Gasteiger partial charge in [-0.1, -0.05) is 18.2 Å². The Labute approximate surface area is 179 Å². The molecule has 1 aliphatic rings. The second-order valence-electron chi connectivity index (χ2n) is 10.4. The van der Waals surface area contributed by atoms with Gasteiger partial charge in [0.2, 0.25) is 0 Å². The molecule has 0 saturated carbocycles. The predicted molar refractivity (Wildman–Crippen MR) is 115 cm³/mol. The van der Waals surface area contributed by atoms with Gasteiger partial charge < -0.3 is 14.4 Å². The first-order valence-corrected chi connectivity index (χ1v) is 10.5. The third-order valence-electron chi connectivity index (χ3n) is 5.26. The highest BCUT2D eigenvalue weighted by Gasteiger charge is 2.47. The van der Waals surface area contributed by atoms with Gasteiger partial charge in [-0.3, -0.25) is 9.59 Å². The summed E-state index contributed by atoms with van der Waals surface area (Å²) in [4.78, 5) is 38.7. The molecule has 0 radical (unpaired) electrons. The van der Waals surface area contributed by atoms with Gasteiger partial charge in [0.15, 0.2) is 0 Å². The van der Waals surface area contributed by atoms with Gasteiger partial charge in [0.1, 0.15) is 17.5 Å². The van der Waals surface area contributed by atoms with Crippen LogP contribution in [0.5, 0.6) is 0 Å². The van der Waals surface area contributed by atoms with Crippen molar-refractivity contribution >= 4 is 18.3 Å². The lowest BCUT2D eigenvalue weighted by Gasteiger charge is -2.36. The molecule has 0 aromatic heterocycles. The molecule has 0 N–H and O–H groups in total. The van der Waals surface area contributed by atoms with E-state index in [0.717, 1.165) is 11.8 Å². The third-order valence-corrected chi connectivity index (χ3v) is 5.26. The quantitative estimate of drug-likeness (QED) is 0.515. The Balaban J connectivity index is 2.28. The first-order valence-electron chi connectivity index (χ1n) is 10.5. The molecule has 2 rings (SSSR count). The molecule has 1 aromatic rings. The number of esters is 1. The lowest BCUT2D eigenvalue weighted by Crippen LogP contribution is -2.44. The molecule has 30 heavy (non-hydrogen) atoms.